The van der Waals surface area contributed by atoms with Gasteiger partial charge in [0.1, 0.15) is 23.9 Å². The number of aliphatic hydroxyl groups excluding tert-OH is 1. The average molecular weight is 728 g/mol. The van der Waals surface area contributed by atoms with Crippen molar-refractivity contribution < 1.29 is 33.8 Å². The molecule has 8 rings (SSSR count). The lowest BCUT2D eigenvalue weighted by atomic mass is 9.51. The largest absolute Gasteiger partial charge is 0.491 e. The van der Waals surface area contributed by atoms with Gasteiger partial charge in [-0.1, -0.05) is 41.4 Å². The van der Waals surface area contributed by atoms with E-state index in [9.17, 15) is 24.3 Å². The second-order valence-electron chi connectivity index (χ2n) is 13.8. The Morgan fingerprint density at radius 3 is 2.61 bits per heavy atom. The third kappa shape index (κ3) is 4.67. The fraction of sp³-hybridized carbons (Fsp3) is 0.351. The molecule has 4 aromatic rings. The summed E-state index contributed by atoms with van der Waals surface area (Å²) < 4.78 is 8.53. The van der Waals surface area contributed by atoms with E-state index in [2.05, 4.69) is 0 Å². The van der Waals surface area contributed by atoms with E-state index in [1.807, 2.05) is 37.3 Å². The Labute approximate surface area is 301 Å². The predicted molar refractivity (Wildman–Crippen MR) is 189 cm³/mol. The zero-order valence-corrected chi connectivity index (χ0v) is 29.5. The van der Waals surface area contributed by atoms with Crippen molar-refractivity contribution in [2.45, 2.75) is 32.6 Å². The topological polar surface area (TPSA) is 165 Å². The van der Waals surface area contributed by atoms with Gasteiger partial charge >= 0.3 is 6.03 Å². The van der Waals surface area contributed by atoms with Crippen molar-refractivity contribution in [3.63, 3.8) is 0 Å². The molecule has 2 aromatic carbocycles. The van der Waals surface area contributed by atoms with Crippen LogP contribution in [0.3, 0.4) is 0 Å². The molecule has 3 fully saturated rings. The number of thiophene rings is 1. The summed E-state index contributed by atoms with van der Waals surface area (Å²) in [5, 5.41) is 16.0. The fourth-order valence-corrected chi connectivity index (χ4v) is 10.3. The van der Waals surface area contributed by atoms with Crippen LogP contribution in [0.5, 0.6) is 5.75 Å². The minimum Gasteiger partial charge on any atom is -0.491 e. The van der Waals surface area contributed by atoms with Gasteiger partial charge in [-0.3, -0.25) is 23.9 Å². The number of hydrogen-bond acceptors (Lipinski definition) is 9. The number of hydrogen-bond donors (Lipinski definition) is 2. The number of amides is 6. The fourth-order valence-electron chi connectivity index (χ4n) is 9.02. The van der Waals surface area contributed by atoms with E-state index in [-0.39, 0.29) is 26.1 Å². The van der Waals surface area contributed by atoms with Crippen molar-refractivity contribution in [1.82, 2.24) is 14.7 Å². The molecule has 51 heavy (non-hydrogen) atoms. The highest BCUT2D eigenvalue weighted by atomic mass is 35.5. The van der Waals surface area contributed by atoms with Crippen molar-refractivity contribution in [2.24, 2.45) is 41.9 Å². The van der Waals surface area contributed by atoms with Crippen LogP contribution in [0.15, 0.2) is 60.2 Å². The first-order chi connectivity index (χ1) is 24.4. The van der Waals surface area contributed by atoms with E-state index in [1.54, 1.807) is 49.6 Å². The van der Waals surface area contributed by atoms with Crippen LogP contribution in [0.25, 0.3) is 20.7 Å². The monoisotopic (exact) mass is 727 g/mol. The number of nitrogens with two attached hydrogens (primary N) is 1. The van der Waals surface area contributed by atoms with Gasteiger partial charge in [0.05, 0.1) is 34.7 Å². The highest BCUT2D eigenvalue weighted by Crippen LogP contribution is 2.64. The van der Waals surface area contributed by atoms with Crippen LogP contribution < -0.4 is 15.4 Å². The molecule has 6 unspecified atom stereocenters. The van der Waals surface area contributed by atoms with Crippen LogP contribution in [-0.2, 0) is 26.2 Å². The lowest BCUT2D eigenvalue weighted by Gasteiger charge is -2.49. The number of para-hydroxylation sites is 1. The third-order valence-electron chi connectivity index (χ3n) is 11.3. The summed E-state index contributed by atoms with van der Waals surface area (Å²) in [6.45, 7) is 3.52. The molecule has 2 aliphatic carbocycles. The maximum Gasteiger partial charge on any atom is 0.328 e. The van der Waals surface area contributed by atoms with Crippen LogP contribution in [0.1, 0.15) is 36.8 Å². The molecule has 0 spiro atoms. The number of fused-ring (bicyclic) bond motifs is 5. The number of benzene rings is 2. The number of halogens is 1. The van der Waals surface area contributed by atoms with Crippen molar-refractivity contribution in [1.29, 1.82) is 0 Å². The molecule has 14 heteroatoms. The van der Waals surface area contributed by atoms with E-state index in [0.717, 1.165) is 26.1 Å². The smallest absolute Gasteiger partial charge is 0.328 e. The molecular formula is C37H34ClN5O7S. The molecule has 12 nitrogen and oxygen atoms in total. The Balaban J connectivity index is 1.26. The first-order valence-corrected chi connectivity index (χ1v) is 17.9. The zero-order chi connectivity index (χ0) is 36.1. The van der Waals surface area contributed by atoms with Gasteiger partial charge in [-0.05, 0) is 67.8 Å². The van der Waals surface area contributed by atoms with Crippen LogP contribution in [0, 0.1) is 36.0 Å². The number of anilines is 1. The molecule has 4 aliphatic rings. The SMILES string of the molecule is Cc1c(-c2cc(N3C(=O)C4CC5C(=CCC6C(=O)N(C(N)=O)C(=O)C65)C(c5ccccc5OCCO)C4(C)C3=O)n(C)n2)sc2ccc(Cl)cc12. The second-order valence-corrected chi connectivity index (χ2v) is 15.3. The Morgan fingerprint density at radius 2 is 1.86 bits per heavy atom. The number of carbonyl (C=O) groups is 5. The number of nitrogens with zero attached hydrogens (tertiary/aromatic N) is 4. The van der Waals surface area contributed by atoms with Gasteiger partial charge in [0.25, 0.3) is 0 Å². The minimum absolute atomic E-state index is 0.00222. The van der Waals surface area contributed by atoms with Gasteiger partial charge in [-0.15, -0.1) is 11.3 Å². The standard InChI is InChI=1S/C37H34ClN5O7S/c1-17-22-14-18(38)8-11-27(22)51-31(17)25-16-28(41(3)40-25)42-33(46)24-15-23-19(9-10-21-29(23)34(47)43(32(21)45)36(39)49)30(37(24,2)35(42)48)20-6-4-5-7-26(20)50-13-12-44/h4-9,11,14,16,21,23-24,29-30,44H,10,12-13,15H2,1-3H3,(H2,39,49). The quantitative estimate of drug-likeness (QED) is 0.208. The van der Waals surface area contributed by atoms with Gasteiger partial charge in [0.2, 0.25) is 23.6 Å². The molecule has 262 valence electrons. The first kappa shape index (κ1) is 33.3. The molecule has 2 aliphatic heterocycles. The van der Waals surface area contributed by atoms with E-state index < -0.39 is 64.7 Å². The number of aromatic nitrogens is 2. The van der Waals surface area contributed by atoms with Gasteiger partial charge in [-0.2, -0.15) is 10.00 Å². The molecule has 0 radical (unpaired) electrons. The molecule has 6 amide bonds. The van der Waals surface area contributed by atoms with Crippen LogP contribution in [-0.4, -0.2) is 62.7 Å². The number of imide groups is 4. The normalized spacial score (nSPS) is 27.2. The van der Waals surface area contributed by atoms with E-state index in [1.165, 1.54) is 9.58 Å². The summed E-state index contributed by atoms with van der Waals surface area (Å²) in [5.74, 6) is -5.50. The molecule has 1 saturated carbocycles. The van der Waals surface area contributed by atoms with Crippen molar-refractivity contribution in [3.05, 3.63) is 76.3 Å². The molecule has 4 heterocycles. The molecular weight excluding hydrogens is 694 g/mol. The van der Waals surface area contributed by atoms with E-state index >= 15 is 4.79 Å². The number of rotatable bonds is 6. The third-order valence-corrected chi connectivity index (χ3v) is 12.8. The maximum absolute atomic E-state index is 15.0. The molecule has 2 saturated heterocycles. The predicted octanol–water partition coefficient (Wildman–Crippen LogP) is 4.94. The number of allylic oxidation sites excluding steroid dienone is 2. The Bertz CT molecular complexity index is 2240. The van der Waals surface area contributed by atoms with Crippen LogP contribution >= 0.6 is 22.9 Å². The number of aryl methyl sites for hydroxylation is 2. The Hall–Kier alpha value is -4.85. The van der Waals surface area contributed by atoms with E-state index in [0.29, 0.717) is 32.7 Å². The second kappa shape index (κ2) is 11.9. The number of ether oxygens (including phenoxy) is 1. The minimum atomic E-state index is -1.34. The summed E-state index contributed by atoms with van der Waals surface area (Å²) in [4.78, 5) is 71.7. The van der Waals surface area contributed by atoms with E-state index in [4.69, 9.17) is 27.2 Å². The summed E-state index contributed by atoms with van der Waals surface area (Å²) in [6.07, 6.45) is 2.15. The molecule has 3 N–H and O–H groups in total. The van der Waals surface area contributed by atoms with Crippen molar-refractivity contribution in [3.8, 4) is 16.3 Å². The number of primary amides is 1. The summed E-state index contributed by atoms with van der Waals surface area (Å²) >= 11 is 7.83. The number of likely N-dealkylation sites (tertiary alicyclic amines) is 1. The molecule has 0 bridgehead atoms. The Morgan fingerprint density at radius 1 is 1.10 bits per heavy atom. The van der Waals surface area contributed by atoms with Crippen LogP contribution in [0.4, 0.5) is 10.6 Å². The summed E-state index contributed by atoms with van der Waals surface area (Å²) in [6, 6.07) is 13.4. The molecule has 6 atom stereocenters. The lowest BCUT2D eigenvalue weighted by molar-refractivity contribution is -0.136. The first-order valence-electron chi connectivity index (χ1n) is 16.7. The van der Waals surface area contributed by atoms with Gasteiger partial charge in [0.15, 0.2) is 0 Å². The number of aliphatic hydroxyl groups is 1. The van der Waals surface area contributed by atoms with Gasteiger partial charge in [-0.25, -0.2) is 9.69 Å². The zero-order valence-electron chi connectivity index (χ0n) is 28.0. The highest BCUT2D eigenvalue weighted by molar-refractivity contribution is 7.22. The van der Waals surface area contributed by atoms with Crippen molar-refractivity contribution >= 4 is 68.5 Å². The summed E-state index contributed by atoms with van der Waals surface area (Å²) in [5.41, 5.74) is 7.07. The van der Waals surface area contributed by atoms with Gasteiger partial charge in [0, 0.05) is 34.3 Å². The lowest BCUT2D eigenvalue weighted by Crippen LogP contribution is -2.49. The Kier molecular flexibility index (Phi) is 7.74. The average Bonchev–Trinajstić information content (AvgIpc) is 3.77. The van der Waals surface area contributed by atoms with Gasteiger partial charge < -0.3 is 15.6 Å². The maximum atomic E-state index is 15.0. The number of urea groups is 1. The highest BCUT2D eigenvalue weighted by Gasteiger charge is 2.68. The van der Waals surface area contributed by atoms with Crippen LogP contribution in [0.2, 0.25) is 5.02 Å². The summed E-state index contributed by atoms with van der Waals surface area (Å²) in [7, 11) is 1.69. The molecule has 2 aromatic heterocycles. The number of carbonyl (C=O) groups excluding carboxylic acids is 5. The van der Waals surface area contributed by atoms with Crippen molar-refractivity contribution in [2.75, 3.05) is 18.1 Å².